The fourth-order valence-corrected chi connectivity index (χ4v) is 2.96. The highest BCUT2D eigenvalue weighted by atomic mass is 32.2. The summed E-state index contributed by atoms with van der Waals surface area (Å²) in [4.78, 5) is 17.4. The minimum absolute atomic E-state index is 0.0642. The number of nitrogens with one attached hydrogen (secondary N) is 1. The molecule has 0 fully saturated rings. The first-order valence-electron chi connectivity index (χ1n) is 8.33. The quantitative estimate of drug-likeness (QED) is 0.537. The number of benzene rings is 2. The SMILES string of the molecule is COc1ccc(SCC(=O)Nc2cccc(C#Cc3ccccn3)c2)cc1. The van der Waals surface area contributed by atoms with Crippen LogP contribution in [0.2, 0.25) is 0 Å². The maximum absolute atomic E-state index is 12.2. The second kappa shape index (κ2) is 9.46. The van der Waals surface area contributed by atoms with Crippen LogP contribution in [0.4, 0.5) is 5.69 Å². The topological polar surface area (TPSA) is 51.2 Å². The second-order valence-corrected chi connectivity index (χ2v) is 6.61. The molecule has 0 aliphatic heterocycles. The standard InChI is InChI=1S/C22H18N2O2S/c1-26-20-10-12-21(13-11-20)27-16-22(25)24-19-7-4-5-17(15-19)8-9-18-6-2-3-14-23-18/h2-7,10-15H,16H2,1H3,(H,24,25). The van der Waals surface area contributed by atoms with Gasteiger partial charge in [-0.1, -0.05) is 18.1 Å². The molecule has 134 valence electrons. The molecule has 1 heterocycles. The van der Waals surface area contributed by atoms with E-state index >= 15 is 0 Å². The lowest BCUT2D eigenvalue weighted by molar-refractivity contribution is -0.113. The van der Waals surface area contributed by atoms with Gasteiger partial charge in [0.2, 0.25) is 5.91 Å². The van der Waals surface area contributed by atoms with Gasteiger partial charge < -0.3 is 10.1 Å². The number of hydrogen-bond acceptors (Lipinski definition) is 4. The van der Waals surface area contributed by atoms with Crippen LogP contribution in [-0.2, 0) is 4.79 Å². The van der Waals surface area contributed by atoms with Crippen LogP contribution in [0, 0.1) is 11.8 Å². The largest absolute Gasteiger partial charge is 0.497 e. The molecule has 3 aromatic rings. The third kappa shape index (κ3) is 5.91. The molecule has 5 heteroatoms. The van der Waals surface area contributed by atoms with Crippen molar-refractivity contribution in [2.24, 2.45) is 0 Å². The number of aromatic nitrogens is 1. The highest BCUT2D eigenvalue weighted by Crippen LogP contribution is 2.21. The van der Waals surface area contributed by atoms with Crippen molar-refractivity contribution in [2.75, 3.05) is 18.2 Å². The molecule has 1 aromatic heterocycles. The van der Waals surface area contributed by atoms with Crippen LogP contribution >= 0.6 is 11.8 Å². The lowest BCUT2D eigenvalue weighted by atomic mass is 10.2. The van der Waals surface area contributed by atoms with E-state index in [1.165, 1.54) is 11.8 Å². The highest BCUT2D eigenvalue weighted by molar-refractivity contribution is 8.00. The third-order valence-electron chi connectivity index (χ3n) is 3.58. The van der Waals surface area contributed by atoms with Crippen molar-refractivity contribution in [3.63, 3.8) is 0 Å². The summed E-state index contributed by atoms with van der Waals surface area (Å²) in [6, 6.07) is 20.7. The molecular weight excluding hydrogens is 356 g/mol. The maximum Gasteiger partial charge on any atom is 0.234 e. The number of rotatable bonds is 5. The first kappa shape index (κ1) is 18.6. The van der Waals surface area contributed by atoms with Gasteiger partial charge >= 0.3 is 0 Å². The number of methoxy groups -OCH3 is 1. The van der Waals surface area contributed by atoms with Gasteiger partial charge in [0.25, 0.3) is 0 Å². The number of thioether (sulfide) groups is 1. The van der Waals surface area contributed by atoms with Gasteiger partial charge in [-0.3, -0.25) is 4.79 Å². The number of pyridine rings is 1. The molecule has 0 saturated heterocycles. The fourth-order valence-electron chi connectivity index (χ4n) is 2.27. The Hall–Kier alpha value is -3.23. The van der Waals surface area contributed by atoms with Crippen molar-refractivity contribution in [3.8, 4) is 17.6 Å². The van der Waals surface area contributed by atoms with Gasteiger partial charge in [-0.2, -0.15) is 0 Å². The third-order valence-corrected chi connectivity index (χ3v) is 4.59. The summed E-state index contributed by atoms with van der Waals surface area (Å²) >= 11 is 1.47. The van der Waals surface area contributed by atoms with E-state index in [0.717, 1.165) is 21.9 Å². The van der Waals surface area contributed by atoms with Crippen molar-refractivity contribution in [1.29, 1.82) is 0 Å². The van der Waals surface area contributed by atoms with Crippen LogP contribution in [-0.4, -0.2) is 23.8 Å². The molecule has 0 aliphatic rings. The number of amides is 1. The number of anilines is 1. The molecule has 0 unspecified atom stereocenters. The van der Waals surface area contributed by atoms with Crippen LogP contribution in [0.3, 0.4) is 0 Å². The van der Waals surface area contributed by atoms with Gasteiger partial charge in [0.15, 0.2) is 0 Å². The zero-order valence-electron chi connectivity index (χ0n) is 14.8. The Kier molecular flexibility index (Phi) is 6.50. The normalized spacial score (nSPS) is 9.81. The minimum atomic E-state index is -0.0642. The molecule has 27 heavy (non-hydrogen) atoms. The van der Waals surface area contributed by atoms with Gasteiger partial charge in [0.05, 0.1) is 12.9 Å². The van der Waals surface area contributed by atoms with Gasteiger partial charge in [-0.05, 0) is 60.5 Å². The molecule has 3 rings (SSSR count). The van der Waals surface area contributed by atoms with Crippen LogP contribution in [0.15, 0.2) is 77.8 Å². The highest BCUT2D eigenvalue weighted by Gasteiger charge is 2.04. The molecule has 0 radical (unpaired) electrons. The Morgan fingerprint density at radius 1 is 1.07 bits per heavy atom. The summed E-state index contributed by atoms with van der Waals surface area (Å²) in [6.45, 7) is 0. The Labute approximate surface area is 163 Å². The minimum Gasteiger partial charge on any atom is -0.497 e. The number of carbonyl (C=O) groups excluding carboxylic acids is 1. The molecule has 0 atom stereocenters. The Bertz CT molecular complexity index is 961. The van der Waals surface area contributed by atoms with Crippen molar-refractivity contribution < 1.29 is 9.53 Å². The Morgan fingerprint density at radius 3 is 2.67 bits per heavy atom. The van der Waals surface area contributed by atoms with Gasteiger partial charge in [0, 0.05) is 22.3 Å². The van der Waals surface area contributed by atoms with Crippen molar-refractivity contribution in [3.05, 3.63) is 84.2 Å². The number of nitrogens with zero attached hydrogens (tertiary/aromatic N) is 1. The average molecular weight is 374 g/mol. The zero-order chi connectivity index (χ0) is 18.9. The fraction of sp³-hybridized carbons (Fsp3) is 0.0909. The molecule has 1 amide bonds. The zero-order valence-corrected chi connectivity index (χ0v) is 15.6. The second-order valence-electron chi connectivity index (χ2n) is 5.56. The van der Waals surface area contributed by atoms with Gasteiger partial charge in [0.1, 0.15) is 11.4 Å². The summed E-state index contributed by atoms with van der Waals surface area (Å²) in [6.07, 6.45) is 1.71. The molecule has 0 saturated carbocycles. The molecule has 0 spiro atoms. The molecule has 2 aromatic carbocycles. The molecule has 1 N–H and O–H groups in total. The van der Waals surface area contributed by atoms with Crippen molar-refractivity contribution in [2.45, 2.75) is 4.90 Å². The van der Waals surface area contributed by atoms with Crippen LogP contribution in [0.25, 0.3) is 0 Å². The predicted octanol–water partition coefficient (Wildman–Crippen LogP) is 4.22. The lowest BCUT2D eigenvalue weighted by Gasteiger charge is -2.06. The maximum atomic E-state index is 12.2. The first-order chi connectivity index (χ1) is 13.2. The van der Waals surface area contributed by atoms with Gasteiger partial charge in [-0.25, -0.2) is 4.98 Å². The first-order valence-corrected chi connectivity index (χ1v) is 9.31. The smallest absolute Gasteiger partial charge is 0.234 e. The van der Waals surface area contributed by atoms with E-state index in [4.69, 9.17) is 4.74 Å². The molecule has 0 bridgehead atoms. The number of carbonyl (C=O) groups is 1. The van der Waals surface area contributed by atoms with Gasteiger partial charge in [-0.15, -0.1) is 11.8 Å². The summed E-state index contributed by atoms with van der Waals surface area (Å²) in [7, 11) is 1.63. The summed E-state index contributed by atoms with van der Waals surface area (Å²) < 4.78 is 5.13. The van der Waals surface area contributed by atoms with E-state index in [1.54, 1.807) is 13.3 Å². The van der Waals surface area contributed by atoms with E-state index in [2.05, 4.69) is 22.1 Å². The van der Waals surface area contributed by atoms with Crippen LogP contribution < -0.4 is 10.1 Å². The molecule has 4 nitrogen and oxygen atoms in total. The number of hydrogen-bond donors (Lipinski definition) is 1. The summed E-state index contributed by atoms with van der Waals surface area (Å²) in [5.74, 6) is 7.14. The molecule has 0 aliphatic carbocycles. The van der Waals surface area contributed by atoms with E-state index < -0.39 is 0 Å². The van der Waals surface area contributed by atoms with E-state index in [1.807, 2.05) is 66.7 Å². The van der Waals surface area contributed by atoms with Crippen LogP contribution in [0.1, 0.15) is 11.3 Å². The van der Waals surface area contributed by atoms with Crippen LogP contribution in [0.5, 0.6) is 5.75 Å². The van der Waals surface area contributed by atoms with E-state index in [0.29, 0.717) is 11.4 Å². The van der Waals surface area contributed by atoms with Crippen molar-refractivity contribution in [1.82, 2.24) is 4.98 Å². The predicted molar refractivity (Wildman–Crippen MR) is 109 cm³/mol. The van der Waals surface area contributed by atoms with E-state index in [9.17, 15) is 4.79 Å². The Balaban J connectivity index is 1.57. The summed E-state index contributed by atoms with van der Waals surface area (Å²) in [5.41, 5.74) is 2.26. The van der Waals surface area contributed by atoms with Crippen molar-refractivity contribution >= 4 is 23.4 Å². The average Bonchev–Trinajstić information content (AvgIpc) is 2.72. The lowest BCUT2D eigenvalue weighted by Crippen LogP contribution is -2.13. The summed E-state index contributed by atoms with van der Waals surface area (Å²) in [5, 5.41) is 2.91. The number of ether oxygens (including phenoxy) is 1. The van der Waals surface area contributed by atoms with E-state index in [-0.39, 0.29) is 5.91 Å². The Morgan fingerprint density at radius 2 is 1.93 bits per heavy atom. The molecular formula is C22H18N2O2S. The monoisotopic (exact) mass is 374 g/mol.